The third kappa shape index (κ3) is 4.32. The quantitative estimate of drug-likeness (QED) is 0.692. The minimum atomic E-state index is -0.454. The first-order chi connectivity index (χ1) is 8.32. The van der Waals surface area contributed by atoms with Crippen LogP contribution in [0.4, 0.5) is 0 Å². The van der Waals surface area contributed by atoms with Crippen LogP contribution in [0.5, 0.6) is 0 Å². The first-order valence-corrected chi connectivity index (χ1v) is 8.13. The van der Waals surface area contributed by atoms with Gasteiger partial charge in [-0.3, -0.25) is 9.59 Å². The lowest BCUT2D eigenvalue weighted by Gasteiger charge is -2.08. The summed E-state index contributed by atoms with van der Waals surface area (Å²) in [6.45, 7) is 3.37. The monoisotopic (exact) mass is 461 g/mol. The van der Waals surface area contributed by atoms with E-state index in [1.807, 2.05) is 0 Å². The summed E-state index contributed by atoms with van der Waals surface area (Å²) in [5, 5.41) is 2.51. The standard InChI is InChI=1S/C10H10Br3NO3S/c1-4(2)17-5(15)3-14-10(16)8-6(11)7(12)9(13)18-8/h4H,3H2,1-2H3,(H,14,16). The zero-order valence-electron chi connectivity index (χ0n) is 9.55. The largest absolute Gasteiger partial charge is 0.462 e. The molecule has 100 valence electrons. The van der Waals surface area contributed by atoms with Gasteiger partial charge in [0, 0.05) is 0 Å². The van der Waals surface area contributed by atoms with Gasteiger partial charge in [-0.2, -0.15) is 0 Å². The molecule has 4 nitrogen and oxygen atoms in total. The van der Waals surface area contributed by atoms with Gasteiger partial charge in [0.15, 0.2) is 0 Å². The Morgan fingerprint density at radius 2 is 1.89 bits per heavy atom. The van der Waals surface area contributed by atoms with Gasteiger partial charge in [-0.15, -0.1) is 11.3 Å². The molecule has 18 heavy (non-hydrogen) atoms. The molecular weight excluding hydrogens is 454 g/mol. The second kappa shape index (κ2) is 7.02. The van der Waals surface area contributed by atoms with Crippen LogP contribution < -0.4 is 5.32 Å². The van der Waals surface area contributed by atoms with E-state index in [1.54, 1.807) is 13.8 Å². The number of hydrogen-bond donors (Lipinski definition) is 1. The van der Waals surface area contributed by atoms with Crippen molar-refractivity contribution in [3.63, 3.8) is 0 Å². The number of esters is 1. The number of amides is 1. The van der Waals surface area contributed by atoms with Crippen LogP contribution in [0.2, 0.25) is 0 Å². The minimum absolute atomic E-state index is 0.142. The molecule has 1 heterocycles. The molecule has 0 saturated carbocycles. The first kappa shape index (κ1) is 16.1. The maximum Gasteiger partial charge on any atom is 0.325 e. The number of thiophene rings is 1. The fourth-order valence-electron chi connectivity index (χ4n) is 1.05. The van der Waals surface area contributed by atoms with Crippen LogP contribution >= 0.6 is 59.1 Å². The van der Waals surface area contributed by atoms with Gasteiger partial charge >= 0.3 is 5.97 Å². The molecule has 0 aliphatic carbocycles. The number of nitrogens with one attached hydrogen (secondary N) is 1. The van der Waals surface area contributed by atoms with Gasteiger partial charge in [-0.1, -0.05) is 0 Å². The second-order valence-electron chi connectivity index (χ2n) is 3.55. The fourth-order valence-corrected chi connectivity index (χ4v) is 4.05. The summed E-state index contributed by atoms with van der Waals surface area (Å²) in [6, 6.07) is 0. The molecule has 0 fully saturated rings. The Bertz CT molecular complexity index is 473. The molecule has 0 aliphatic rings. The molecule has 1 amide bonds. The molecule has 0 radical (unpaired) electrons. The molecule has 0 saturated heterocycles. The molecule has 1 aromatic rings. The summed E-state index contributed by atoms with van der Waals surface area (Å²) in [6.07, 6.45) is -0.189. The fraction of sp³-hybridized carbons (Fsp3) is 0.400. The van der Waals surface area contributed by atoms with Crippen LogP contribution in [-0.4, -0.2) is 24.5 Å². The van der Waals surface area contributed by atoms with Gasteiger partial charge in [-0.05, 0) is 61.6 Å². The number of carbonyl (C=O) groups excluding carboxylic acids is 2. The van der Waals surface area contributed by atoms with Crippen molar-refractivity contribution in [3.8, 4) is 0 Å². The third-order valence-corrected chi connectivity index (χ3v) is 6.76. The van der Waals surface area contributed by atoms with Crippen LogP contribution in [0.1, 0.15) is 23.5 Å². The Balaban J connectivity index is 2.61. The highest BCUT2D eigenvalue weighted by atomic mass is 79.9. The molecule has 0 aliphatic heterocycles. The zero-order chi connectivity index (χ0) is 13.9. The Morgan fingerprint density at radius 1 is 1.28 bits per heavy atom. The topological polar surface area (TPSA) is 55.4 Å². The number of carbonyl (C=O) groups is 2. The van der Waals surface area contributed by atoms with Gasteiger partial charge in [0.2, 0.25) is 0 Å². The molecule has 1 aromatic heterocycles. The van der Waals surface area contributed by atoms with Gasteiger partial charge in [0.25, 0.3) is 5.91 Å². The predicted octanol–water partition coefficient (Wildman–Crippen LogP) is 3.72. The average molecular weight is 464 g/mol. The Labute approximate surface area is 134 Å². The van der Waals surface area contributed by atoms with Crippen molar-refractivity contribution in [2.45, 2.75) is 20.0 Å². The molecule has 0 aromatic carbocycles. The maximum atomic E-state index is 11.8. The molecule has 0 spiro atoms. The molecule has 0 unspecified atom stereocenters. The molecule has 1 rings (SSSR count). The molecule has 8 heteroatoms. The normalized spacial score (nSPS) is 10.6. The Morgan fingerprint density at radius 3 is 2.33 bits per heavy atom. The lowest BCUT2D eigenvalue weighted by Crippen LogP contribution is -2.31. The summed E-state index contributed by atoms with van der Waals surface area (Å²) in [4.78, 5) is 23.6. The Kier molecular flexibility index (Phi) is 6.29. The molecule has 0 atom stereocenters. The lowest BCUT2D eigenvalue weighted by atomic mass is 10.4. The predicted molar refractivity (Wildman–Crippen MR) is 81.0 cm³/mol. The van der Waals surface area contributed by atoms with E-state index in [0.717, 1.165) is 8.26 Å². The van der Waals surface area contributed by atoms with E-state index in [1.165, 1.54) is 11.3 Å². The number of rotatable bonds is 4. The van der Waals surface area contributed by atoms with E-state index in [2.05, 4.69) is 53.1 Å². The Hall–Kier alpha value is 0.0800. The van der Waals surface area contributed by atoms with Crippen LogP contribution in [0.25, 0.3) is 0 Å². The van der Waals surface area contributed by atoms with Gasteiger partial charge in [-0.25, -0.2) is 0 Å². The van der Waals surface area contributed by atoms with Gasteiger partial charge in [0.05, 0.1) is 18.8 Å². The highest BCUT2D eigenvalue weighted by Gasteiger charge is 2.19. The maximum absolute atomic E-state index is 11.8. The van der Waals surface area contributed by atoms with E-state index in [-0.39, 0.29) is 18.6 Å². The summed E-state index contributed by atoms with van der Waals surface area (Å²) in [5.74, 6) is -0.775. The number of ether oxygens (including phenoxy) is 1. The van der Waals surface area contributed by atoms with Gasteiger partial charge in [0.1, 0.15) is 11.4 Å². The number of hydrogen-bond acceptors (Lipinski definition) is 4. The van der Waals surface area contributed by atoms with E-state index >= 15 is 0 Å². The highest BCUT2D eigenvalue weighted by molar-refractivity contribution is 9.14. The van der Waals surface area contributed by atoms with Crippen LogP contribution in [-0.2, 0) is 9.53 Å². The van der Waals surface area contributed by atoms with Crippen molar-refractivity contribution in [3.05, 3.63) is 17.6 Å². The van der Waals surface area contributed by atoms with Crippen LogP contribution in [0.15, 0.2) is 12.7 Å². The smallest absolute Gasteiger partial charge is 0.325 e. The van der Waals surface area contributed by atoms with Crippen molar-refractivity contribution in [1.29, 1.82) is 0 Å². The van der Waals surface area contributed by atoms with Crippen LogP contribution in [0.3, 0.4) is 0 Å². The van der Waals surface area contributed by atoms with Crippen LogP contribution in [0, 0.1) is 0 Å². The second-order valence-corrected chi connectivity index (χ2v) is 7.48. The van der Waals surface area contributed by atoms with E-state index in [9.17, 15) is 9.59 Å². The van der Waals surface area contributed by atoms with Crippen molar-refractivity contribution in [1.82, 2.24) is 5.32 Å². The van der Waals surface area contributed by atoms with Crippen molar-refractivity contribution >= 4 is 71.0 Å². The zero-order valence-corrected chi connectivity index (χ0v) is 15.1. The number of halogens is 3. The third-order valence-electron chi connectivity index (χ3n) is 1.72. The first-order valence-electron chi connectivity index (χ1n) is 4.94. The molecule has 1 N–H and O–H groups in total. The SMILES string of the molecule is CC(C)OC(=O)CNC(=O)c1sc(Br)c(Br)c1Br. The highest BCUT2D eigenvalue weighted by Crippen LogP contribution is 2.40. The summed E-state index contributed by atoms with van der Waals surface area (Å²) >= 11 is 11.2. The molecular formula is C10H10Br3NO3S. The van der Waals surface area contributed by atoms with E-state index in [0.29, 0.717) is 9.35 Å². The average Bonchev–Trinajstić information content (AvgIpc) is 2.53. The van der Waals surface area contributed by atoms with E-state index < -0.39 is 5.97 Å². The van der Waals surface area contributed by atoms with Crippen molar-refractivity contribution in [2.75, 3.05) is 6.54 Å². The van der Waals surface area contributed by atoms with E-state index in [4.69, 9.17) is 4.74 Å². The minimum Gasteiger partial charge on any atom is -0.462 e. The van der Waals surface area contributed by atoms with Crippen molar-refractivity contribution < 1.29 is 14.3 Å². The summed E-state index contributed by atoms with van der Waals surface area (Å²) < 4.78 is 7.17. The van der Waals surface area contributed by atoms with Gasteiger partial charge < -0.3 is 10.1 Å². The summed E-state index contributed by atoms with van der Waals surface area (Å²) in [7, 11) is 0. The summed E-state index contributed by atoms with van der Waals surface area (Å²) in [5.41, 5.74) is 0. The lowest BCUT2D eigenvalue weighted by molar-refractivity contribution is -0.146. The molecule has 0 bridgehead atoms. The van der Waals surface area contributed by atoms with Crippen molar-refractivity contribution in [2.24, 2.45) is 0 Å².